The maximum Gasteiger partial charge on any atom is 0.327 e. The second-order valence-corrected chi connectivity index (χ2v) is 7.00. The smallest absolute Gasteiger partial charge is 0.327 e. The van der Waals surface area contributed by atoms with Gasteiger partial charge in [0.05, 0.1) is 12.8 Å². The average molecular weight is 315 g/mol. The monoisotopic (exact) mass is 315 g/mol. The Labute approximate surface area is 124 Å². The first-order chi connectivity index (χ1) is 9.89. The van der Waals surface area contributed by atoms with E-state index in [-0.39, 0.29) is 11.5 Å². The molecule has 1 saturated carbocycles. The van der Waals surface area contributed by atoms with Gasteiger partial charge in [-0.2, -0.15) is 9.82 Å². The van der Waals surface area contributed by atoms with Gasteiger partial charge in [-0.15, -0.1) is 0 Å². The van der Waals surface area contributed by atoms with Crippen molar-refractivity contribution in [3.63, 3.8) is 0 Å². The van der Waals surface area contributed by atoms with Crippen LogP contribution in [-0.2, 0) is 26.6 Å². The third-order valence-corrected chi connectivity index (χ3v) is 5.19. The normalized spacial score (nSPS) is 18.4. The Kier molecular flexibility index (Phi) is 4.67. The molecule has 1 aromatic rings. The van der Waals surface area contributed by atoms with Crippen molar-refractivity contribution in [3.05, 3.63) is 12.4 Å². The summed E-state index contributed by atoms with van der Waals surface area (Å²) in [7, 11) is -2.16. The molecule has 8 heteroatoms. The standard InChI is InChI=1S/C13H21N3O4S/c1-3-20-12(17)13(7-5-4-6-8-13)15-21(18,19)11-9-14-16(2)10-11/h9-10,15H,3-8H2,1-2H3. The molecule has 1 fully saturated rings. The molecule has 0 bridgehead atoms. The van der Waals surface area contributed by atoms with Gasteiger partial charge in [-0.1, -0.05) is 19.3 Å². The van der Waals surface area contributed by atoms with Crippen LogP contribution < -0.4 is 4.72 Å². The van der Waals surface area contributed by atoms with E-state index >= 15 is 0 Å². The SMILES string of the molecule is CCOC(=O)C1(NS(=O)(=O)c2cnn(C)c2)CCCCC1. The molecule has 0 radical (unpaired) electrons. The number of sulfonamides is 1. The Hall–Kier alpha value is -1.41. The van der Waals surface area contributed by atoms with Crippen molar-refractivity contribution in [2.45, 2.75) is 49.5 Å². The molecule has 0 saturated heterocycles. The number of aromatic nitrogens is 2. The number of carbonyl (C=O) groups is 1. The minimum Gasteiger partial charge on any atom is -0.465 e. The molecule has 1 heterocycles. The van der Waals surface area contributed by atoms with E-state index in [1.165, 1.54) is 17.1 Å². The minimum atomic E-state index is -3.80. The van der Waals surface area contributed by atoms with Gasteiger partial charge in [0.2, 0.25) is 10.0 Å². The van der Waals surface area contributed by atoms with Crippen molar-refractivity contribution in [1.29, 1.82) is 0 Å². The molecule has 0 aromatic carbocycles. The summed E-state index contributed by atoms with van der Waals surface area (Å²) in [4.78, 5) is 12.3. The zero-order valence-corrected chi connectivity index (χ0v) is 13.1. The van der Waals surface area contributed by atoms with Crippen LogP contribution in [0.1, 0.15) is 39.0 Å². The largest absolute Gasteiger partial charge is 0.465 e. The van der Waals surface area contributed by atoms with Crippen LogP contribution in [0.2, 0.25) is 0 Å². The van der Waals surface area contributed by atoms with Crippen LogP contribution in [0.4, 0.5) is 0 Å². The van der Waals surface area contributed by atoms with Gasteiger partial charge < -0.3 is 4.74 Å². The minimum absolute atomic E-state index is 0.0549. The summed E-state index contributed by atoms with van der Waals surface area (Å²) in [6.45, 7) is 1.94. The predicted octanol–water partition coefficient (Wildman–Crippen LogP) is 0.964. The van der Waals surface area contributed by atoms with Gasteiger partial charge in [-0.05, 0) is 19.8 Å². The van der Waals surface area contributed by atoms with E-state index in [1.54, 1.807) is 14.0 Å². The van der Waals surface area contributed by atoms with Crippen LogP contribution in [0.3, 0.4) is 0 Å². The number of ether oxygens (including phenoxy) is 1. The third kappa shape index (κ3) is 3.44. The van der Waals surface area contributed by atoms with Gasteiger partial charge in [0.25, 0.3) is 0 Å². The second kappa shape index (κ2) is 6.15. The summed E-state index contributed by atoms with van der Waals surface area (Å²) in [5.41, 5.74) is -1.15. The van der Waals surface area contributed by atoms with E-state index in [9.17, 15) is 13.2 Å². The molecule has 1 aliphatic carbocycles. The first-order valence-electron chi connectivity index (χ1n) is 7.09. The number of aryl methyl sites for hydroxylation is 1. The summed E-state index contributed by atoms with van der Waals surface area (Å²) in [6.07, 6.45) is 6.20. The predicted molar refractivity (Wildman–Crippen MR) is 76.0 cm³/mol. The number of carbonyl (C=O) groups excluding carboxylic acids is 1. The third-order valence-electron chi connectivity index (χ3n) is 3.69. The number of nitrogens with one attached hydrogen (secondary N) is 1. The zero-order chi connectivity index (χ0) is 15.5. The Bertz CT molecular complexity index is 603. The van der Waals surface area contributed by atoms with Gasteiger partial charge in [0.15, 0.2) is 0 Å². The van der Waals surface area contributed by atoms with E-state index in [4.69, 9.17) is 4.74 Å². The zero-order valence-electron chi connectivity index (χ0n) is 12.3. The Morgan fingerprint density at radius 2 is 2.10 bits per heavy atom. The van der Waals surface area contributed by atoms with Crippen molar-refractivity contribution < 1.29 is 17.9 Å². The summed E-state index contributed by atoms with van der Waals surface area (Å²) >= 11 is 0. The first-order valence-corrected chi connectivity index (χ1v) is 8.58. The van der Waals surface area contributed by atoms with Gasteiger partial charge >= 0.3 is 5.97 Å². The summed E-state index contributed by atoms with van der Waals surface area (Å²) in [5.74, 6) is -0.489. The topological polar surface area (TPSA) is 90.3 Å². The molecule has 1 aliphatic rings. The van der Waals surface area contributed by atoms with Gasteiger partial charge in [-0.3, -0.25) is 9.48 Å². The van der Waals surface area contributed by atoms with Gasteiger partial charge in [0.1, 0.15) is 10.4 Å². The lowest BCUT2D eigenvalue weighted by Crippen LogP contribution is -2.56. The molecule has 0 spiro atoms. The highest BCUT2D eigenvalue weighted by molar-refractivity contribution is 7.89. The van der Waals surface area contributed by atoms with Crippen molar-refractivity contribution >= 4 is 16.0 Å². The fraction of sp³-hybridized carbons (Fsp3) is 0.692. The van der Waals surface area contributed by atoms with Crippen LogP contribution in [-0.4, -0.2) is 36.3 Å². The highest BCUT2D eigenvalue weighted by Gasteiger charge is 2.44. The Morgan fingerprint density at radius 1 is 1.43 bits per heavy atom. The summed E-state index contributed by atoms with van der Waals surface area (Å²) < 4.78 is 34.0. The quantitative estimate of drug-likeness (QED) is 0.818. The van der Waals surface area contributed by atoms with E-state index in [0.29, 0.717) is 12.8 Å². The number of hydrogen-bond acceptors (Lipinski definition) is 5. The molecule has 0 atom stereocenters. The average Bonchev–Trinajstić information content (AvgIpc) is 2.87. The molecule has 0 unspecified atom stereocenters. The number of esters is 1. The van der Waals surface area contributed by atoms with Crippen molar-refractivity contribution in [1.82, 2.24) is 14.5 Å². The maximum absolute atomic E-state index is 12.5. The van der Waals surface area contributed by atoms with E-state index in [1.807, 2.05) is 0 Å². The molecule has 118 valence electrons. The van der Waals surface area contributed by atoms with Crippen molar-refractivity contribution in [3.8, 4) is 0 Å². The molecule has 1 N–H and O–H groups in total. The van der Waals surface area contributed by atoms with Crippen LogP contribution in [0.5, 0.6) is 0 Å². The van der Waals surface area contributed by atoms with Crippen molar-refractivity contribution in [2.24, 2.45) is 7.05 Å². The lowest BCUT2D eigenvalue weighted by Gasteiger charge is -2.34. The molecular weight excluding hydrogens is 294 g/mol. The number of rotatable bonds is 5. The molecule has 0 amide bonds. The summed E-state index contributed by atoms with van der Waals surface area (Å²) in [5, 5.41) is 3.86. The number of nitrogens with zero attached hydrogens (tertiary/aromatic N) is 2. The first kappa shape index (κ1) is 16.0. The van der Waals surface area contributed by atoms with E-state index < -0.39 is 21.5 Å². The second-order valence-electron chi connectivity index (χ2n) is 5.32. The highest BCUT2D eigenvalue weighted by Crippen LogP contribution is 2.31. The van der Waals surface area contributed by atoms with Crippen LogP contribution in [0.25, 0.3) is 0 Å². The highest BCUT2D eigenvalue weighted by atomic mass is 32.2. The molecule has 1 aromatic heterocycles. The van der Waals surface area contributed by atoms with E-state index in [0.717, 1.165) is 19.3 Å². The van der Waals surface area contributed by atoms with Gasteiger partial charge in [-0.25, -0.2) is 8.42 Å². The van der Waals surface area contributed by atoms with Crippen molar-refractivity contribution in [2.75, 3.05) is 6.61 Å². The fourth-order valence-corrected chi connectivity index (χ4v) is 4.02. The van der Waals surface area contributed by atoms with Crippen LogP contribution in [0.15, 0.2) is 17.3 Å². The fourth-order valence-electron chi connectivity index (χ4n) is 2.63. The van der Waals surface area contributed by atoms with Crippen LogP contribution >= 0.6 is 0 Å². The summed E-state index contributed by atoms with van der Waals surface area (Å²) in [6, 6.07) is 0. The Balaban J connectivity index is 2.28. The van der Waals surface area contributed by atoms with Crippen LogP contribution in [0, 0.1) is 0 Å². The molecule has 7 nitrogen and oxygen atoms in total. The van der Waals surface area contributed by atoms with Gasteiger partial charge in [0, 0.05) is 13.2 Å². The molecule has 0 aliphatic heterocycles. The maximum atomic E-state index is 12.5. The molecular formula is C13H21N3O4S. The molecule has 21 heavy (non-hydrogen) atoms. The Morgan fingerprint density at radius 3 is 2.62 bits per heavy atom. The lowest BCUT2D eigenvalue weighted by molar-refractivity contribution is -0.151. The lowest BCUT2D eigenvalue weighted by atomic mass is 9.82. The molecule has 2 rings (SSSR count). The van der Waals surface area contributed by atoms with E-state index in [2.05, 4.69) is 9.82 Å². The number of hydrogen-bond donors (Lipinski definition) is 1.